The van der Waals surface area contributed by atoms with Crippen molar-refractivity contribution < 1.29 is 22.6 Å². The maximum Gasteiger partial charge on any atom is 0.301 e. The Bertz CT molecular complexity index is 1050. The first-order chi connectivity index (χ1) is 14.8. The van der Waals surface area contributed by atoms with E-state index in [0.717, 1.165) is 5.69 Å². The molecule has 0 bridgehead atoms. The number of aliphatic imine (C=N–C) groups is 2. The Morgan fingerprint density at radius 2 is 1.81 bits per heavy atom. The van der Waals surface area contributed by atoms with Crippen molar-refractivity contribution in [3.8, 4) is 11.5 Å². The summed E-state index contributed by atoms with van der Waals surface area (Å²) in [5.41, 5.74) is 0.731. The Morgan fingerprint density at radius 3 is 2.42 bits per heavy atom. The number of anilines is 1. The molecule has 1 fully saturated rings. The molecule has 0 saturated carbocycles. The summed E-state index contributed by atoms with van der Waals surface area (Å²) in [6.45, 7) is 1.29. The fourth-order valence-corrected chi connectivity index (χ4v) is 4.66. The molecule has 0 amide bonds. The summed E-state index contributed by atoms with van der Waals surface area (Å²) in [5, 5.41) is 10.2. The zero-order chi connectivity index (χ0) is 22.1. The molecule has 1 aromatic carbocycles. The van der Waals surface area contributed by atoms with Gasteiger partial charge in [0.2, 0.25) is 10.0 Å². The fraction of sp³-hybridized carbons (Fsp3) is 0.421. The van der Waals surface area contributed by atoms with Crippen LogP contribution >= 0.6 is 0 Å². The van der Waals surface area contributed by atoms with E-state index in [4.69, 9.17) is 14.6 Å². The van der Waals surface area contributed by atoms with Crippen LogP contribution in [0.5, 0.6) is 11.5 Å². The quantitative estimate of drug-likeness (QED) is 0.630. The van der Waals surface area contributed by atoms with E-state index < -0.39 is 10.0 Å². The van der Waals surface area contributed by atoms with Crippen LogP contribution in [0.3, 0.4) is 0 Å². The van der Waals surface area contributed by atoms with Crippen LogP contribution in [0.1, 0.15) is 12.8 Å². The molecule has 1 atom stereocenters. The molecule has 1 saturated heterocycles. The summed E-state index contributed by atoms with van der Waals surface area (Å²) in [6, 6.07) is 5.37. The van der Waals surface area contributed by atoms with Gasteiger partial charge in [0.05, 0.1) is 39.8 Å². The first-order valence-electron chi connectivity index (χ1n) is 9.83. The Balaban J connectivity index is 1.55. The fourth-order valence-electron chi connectivity index (χ4n) is 3.82. The highest BCUT2D eigenvalue weighted by Crippen LogP contribution is 2.30. The number of sulfonamides is 1. The molecule has 0 aromatic heterocycles. The lowest BCUT2D eigenvalue weighted by molar-refractivity contribution is -0.918. The van der Waals surface area contributed by atoms with E-state index in [2.05, 4.69) is 25.0 Å². The molecule has 166 valence electrons. The Kier molecular flexibility index (Phi) is 5.79. The molecule has 0 aliphatic carbocycles. The van der Waals surface area contributed by atoms with E-state index in [1.165, 1.54) is 6.26 Å². The molecular weight excluding hydrogens is 422 g/mol. The zero-order valence-electron chi connectivity index (χ0n) is 17.6. The summed E-state index contributed by atoms with van der Waals surface area (Å²) in [5.74, 6) is 2.39. The van der Waals surface area contributed by atoms with Crippen LogP contribution in [-0.4, -0.2) is 75.7 Å². The standard InChI is InChI=1S/C19H26N7O4S/c1-29-16-10-15(11-17(12-16)30-2)21-19-22-18-13-20-6-9-26(18,23-19)25-7-4-14(5-8-25)24-31(3,27)28/h6,9-14,24H,4-5,7-8H2,1-3H3,(H,21,23)/q+1. The van der Waals surface area contributed by atoms with E-state index in [9.17, 15) is 8.42 Å². The number of rotatable bonds is 6. The van der Waals surface area contributed by atoms with Crippen molar-refractivity contribution in [1.29, 1.82) is 0 Å². The minimum atomic E-state index is -3.23. The average Bonchev–Trinajstić information content (AvgIpc) is 3.11. The van der Waals surface area contributed by atoms with Crippen LogP contribution in [0.15, 0.2) is 45.7 Å². The Hall–Kier alpha value is -2.80. The van der Waals surface area contributed by atoms with Crippen LogP contribution in [0.25, 0.3) is 0 Å². The number of piperidine rings is 1. The van der Waals surface area contributed by atoms with Gasteiger partial charge in [-0.3, -0.25) is 4.99 Å². The second-order valence-corrected chi connectivity index (χ2v) is 9.24. The predicted octanol–water partition coefficient (Wildman–Crippen LogP) is 1.10. The molecule has 1 aromatic rings. The smallest absolute Gasteiger partial charge is 0.301 e. The topological polar surface area (TPSA) is 117 Å². The number of fused-ring (bicyclic) bond motifs is 1. The van der Waals surface area contributed by atoms with Crippen LogP contribution in [0, 0.1) is 0 Å². The summed E-state index contributed by atoms with van der Waals surface area (Å²) >= 11 is 0. The Morgan fingerprint density at radius 1 is 1.13 bits per heavy atom. The summed E-state index contributed by atoms with van der Waals surface area (Å²) in [7, 11) is -0.0446. The third kappa shape index (κ3) is 4.61. The van der Waals surface area contributed by atoms with Gasteiger partial charge in [-0.05, 0) is 22.6 Å². The number of quaternary nitrogens is 1. The number of methoxy groups -OCH3 is 2. The van der Waals surface area contributed by atoms with Crippen molar-refractivity contribution in [3.63, 3.8) is 0 Å². The molecule has 0 spiro atoms. The number of guanidine groups is 1. The van der Waals surface area contributed by atoms with Gasteiger partial charge in [0, 0.05) is 29.9 Å². The molecule has 3 heterocycles. The number of nitrogens with one attached hydrogen (secondary N) is 2. The minimum Gasteiger partial charge on any atom is -0.497 e. The van der Waals surface area contributed by atoms with Crippen molar-refractivity contribution in [3.05, 3.63) is 30.6 Å². The highest BCUT2D eigenvalue weighted by molar-refractivity contribution is 7.88. The number of benzene rings is 1. The zero-order valence-corrected chi connectivity index (χ0v) is 18.5. The average molecular weight is 449 g/mol. The molecule has 2 N–H and O–H groups in total. The molecular formula is C19H26N7O4S+. The third-order valence-corrected chi connectivity index (χ3v) is 6.01. The number of hydrogen-bond acceptors (Lipinski definition) is 9. The van der Waals surface area contributed by atoms with Gasteiger partial charge in [-0.1, -0.05) is 0 Å². The predicted molar refractivity (Wildman–Crippen MR) is 119 cm³/mol. The molecule has 12 heteroatoms. The largest absolute Gasteiger partial charge is 0.497 e. The van der Waals surface area contributed by atoms with Crippen LogP contribution in [0.4, 0.5) is 5.69 Å². The van der Waals surface area contributed by atoms with E-state index in [1.54, 1.807) is 32.7 Å². The van der Waals surface area contributed by atoms with E-state index in [0.29, 0.717) is 49.2 Å². The molecule has 3 aliphatic heterocycles. The Labute approximate surface area is 181 Å². The van der Waals surface area contributed by atoms with Gasteiger partial charge < -0.3 is 14.8 Å². The maximum atomic E-state index is 11.5. The van der Waals surface area contributed by atoms with Crippen LogP contribution in [0.2, 0.25) is 0 Å². The maximum absolute atomic E-state index is 11.5. The van der Waals surface area contributed by atoms with Crippen molar-refractivity contribution in [1.82, 2.24) is 9.73 Å². The highest BCUT2D eigenvalue weighted by Gasteiger charge is 2.47. The molecule has 4 rings (SSSR count). The SMILES string of the molecule is COc1cc(NC2=N[N+]3(N4CCC(NS(C)(=O)=O)CC4)C=CN=CC3=N2)cc(OC)c1. The summed E-state index contributed by atoms with van der Waals surface area (Å²) in [4.78, 5) is 8.84. The van der Waals surface area contributed by atoms with Crippen LogP contribution < -0.4 is 19.5 Å². The van der Waals surface area contributed by atoms with E-state index in [1.807, 2.05) is 18.3 Å². The van der Waals surface area contributed by atoms with Gasteiger partial charge in [0.1, 0.15) is 17.7 Å². The van der Waals surface area contributed by atoms with E-state index in [-0.39, 0.29) is 10.7 Å². The number of ether oxygens (including phenoxy) is 2. The van der Waals surface area contributed by atoms with Crippen molar-refractivity contribution >= 4 is 33.7 Å². The lowest BCUT2D eigenvalue weighted by atomic mass is 10.1. The molecule has 31 heavy (non-hydrogen) atoms. The summed E-state index contributed by atoms with van der Waals surface area (Å²) < 4.78 is 36.5. The van der Waals surface area contributed by atoms with E-state index >= 15 is 0 Å². The third-order valence-electron chi connectivity index (χ3n) is 5.25. The van der Waals surface area contributed by atoms with Gasteiger partial charge in [-0.25, -0.2) is 13.1 Å². The normalized spacial score (nSPS) is 23.8. The van der Waals surface area contributed by atoms with Crippen LogP contribution in [-0.2, 0) is 10.0 Å². The van der Waals surface area contributed by atoms with Crippen molar-refractivity contribution in [2.24, 2.45) is 15.1 Å². The van der Waals surface area contributed by atoms with Crippen molar-refractivity contribution in [2.45, 2.75) is 18.9 Å². The number of hydrogen-bond donors (Lipinski definition) is 2. The minimum absolute atomic E-state index is 0.0680. The molecule has 3 aliphatic rings. The monoisotopic (exact) mass is 448 g/mol. The first kappa shape index (κ1) is 21.4. The first-order valence-corrected chi connectivity index (χ1v) is 11.7. The summed E-state index contributed by atoms with van der Waals surface area (Å²) in [6.07, 6.45) is 7.79. The lowest BCUT2D eigenvalue weighted by Gasteiger charge is -2.38. The van der Waals surface area contributed by atoms with Gasteiger partial charge in [0.25, 0.3) is 5.96 Å². The molecule has 0 radical (unpaired) electrons. The van der Waals surface area contributed by atoms with Gasteiger partial charge in [0.15, 0.2) is 6.20 Å². The van der Waals surface area contributed by atoms with Crippen molar-refractivity contribution in [2.75, 3.05) is 38.9 Å². The molecule has 1 unspecified atom stereocenters. The second-order valence-electron chi connectivity index (χ2n) is 7.46. The highest BCUT2D eigenvalue weighted by atomic mass is 32.2. The van der Waals surface area contributed by atoms with Gasteiger partial charge in [-0.15, -0.1) is 10.0 Å². The number of amidine groups is 1. The number of nitrogens with zero attached hydrogens (tertiary/aromatic N) is 5. The lowest BCUT2D eigenvalue weighted by Crippen LogP contribution is -2.60. The van der Waals surface area contributed by atoms with Gasteiger partial charge >= 0.3 is 5.84 Å². The second kappa shape index (κ2) is 8.38. The van der Waals surface area contributed by atoms with Gasteiger partial charge in [-0.2, -0.15) is 0 Å². The molecule has 11 nitrogen and oxygen atoms in total.